The molecule has 0 fully saturated rings. The summed E-state index contributed by atoms with van der Waals surface area (Å²) in [5.74, 6) is 0.868. The van der Waals surface area contributed by atoms with Crippen LogP contribution in [0.4, 0.5) is 5.69 Å². The summed E-state index contributed by atoms with van der Waals surface area (Å²) < 4.78 is 4.97. The highest BCUT2D eigenvalue weighted by Crippen LogP contribution is 2.13. The van der Waals surface area contributed by atoms with Crippen molar-refractivity contribution in [3.63, 3.8) is 0 Å². The molecular weight excluding hydrogens is 126 g/mol. The fourth-order valence-corrected chi connectivity index (χ4v) is 0.731. The van der Waals surface area contributed by atoms with Crippen molar-refractivity contribution in [3.05, 3.63) is 24.3 Å². The van der Waals surface area contributed by atoms with Crippen molar-refractivity contribution in [1.29, 1.82) is 0 Å². The molecule has 0 unspecified atom stereocenters. The van der Waals surface area contributed by atoms with Crippen molar-refractivity contribution >= 4 is 5.69 Å². The van der Waals surface area contributed by atoms with Crippen LogP contribution < -0.4 is 10.1 Å². The highest BCUT2D eigenvalue weighted by atomic mass is 16.5. The number of benzene rings is 1. The largest absolute Gasteiger partial charge is 0.497 e. The summed E-state index contributed by atoms with van der Waals surface area (Å²) in [5, 5.41) is 3.99. The maximum Gasteiger partial charge on any atom is 0.119 e. The van der Waals surface area contributed by atoms with Gasteiger partial charge in [0.2, 0.25) is 0 Å². The zero-order chi connectivity index (χ0) is 7.40. The molecule has 2 heteroatoms. The number of hydrogen-bond acceptors (Lipinski definition) is 1. The van der Waals surface area contributed by atoms with Crippen molar-refractivity contribution < 1.29 is 4.74 Å². The van der Waals surface area contributed by atoms with Crippen molar-refractivity contribution in [2.24, 2.45) is 0 Å². The van der Waals surface area contributed by atoms with Gasteiger partial charge in [-0.25, -0.2) is 0 Å². The summed E-state index contributed by atoms with van der Waals surface area (Å²) in [5.41, 5.74) is 0.973. The van der Waals surface area contributed by atoms with Crippen LogP contribution in [-0.4, -0.2) is 14.2 Å². The minimum Gasteiger partial charge on any atom is -0.497 e. The molecule has 0 N–H and O–H groups in total. The molecule has 0 saturated heterocycles. The molecule has 1 rings (SSSR count). The zero-order valence-corrected chi connectivity index (χ0v) is 6.16. The van der Waals surface area contributed by atoms with Crippen LogP contribution in [-0.2, 0) is 0 Å². The van der Waals surface area contributed by atoms with Crippen LogP contribution >= 0.6 is 0 Å². The molecule has 1 aromatic carbocycles. The average Bonchev–Trinajstić information content (AvgIpc) is 2.05. The monoisotopic (exact) mass is 136 g/mol. The van der Waals surface area contributed by atoms with Crippen LogP contribution in [0.5, 0.6) is 5.75 Å². The Bertz CT molecular complexity index is 170. The van der Waals surface area contributed by atoms with E-state index < -0.39 is 0 Å². The average molecular weight is 136 g/mol. The second-order valence-corrected chi connectivity index (χ2v) is 1.92. The second-order valence-electron chi connectivity index (χ2n) is 1.92. The summed E-state index contributed by atoms with van der Waals surface area (Å²) >= 11 is 0. The van der Waals surface area contributed by atoms with Crippen molar-refractivity contribution in [3.8, 4) is 5.75 Å². The molecule has 53 valence electrons. The third kappa shape index (κ3) is 1.41. The Morgan fingerprint density at radius 3 is 2.20 bits per heavy atom. The van der Waals surface area contributed by atoms with Gasteiger partial charge in [-0.15, -0.1) is 0 Å². The molecule has 0 atom stereocenters. The lowest BCUT2D eigenvalue weighted by atomic mass is 10.3. The van der Waals surface area contributed by atoms with Gasteiger partial charge < -0.3 is 4.74 Å². The molecule has 0 amide bonds. The first kappa shape index (κ1) is 6.93. The Labute approximate surface area is 60.8 Å². The van der Waals surface area contributed by atoms with Crippen LogP contribution in [0, 0.1) is 0 Å². The van der Waals surface area contributed by atoms with E-state index in [1.807, 2.05) is 24.3 Å². The fraction of sp³-hybridized carbons (Fsp3) is 0.250. The van der Waals surface area contributed by atoms with E-state index in [-0.39, 0.29) is 0 Å². The topological polar surface area (TPSA) is 23.3 Å². The molecule has 1 radical (unpaired) electrons. The standard InChI is InChI=1S/C8H10NO/c1-9-7-3-5-8(10-2)6-4-7/h3-6H,1-2H3. The third-order valence-corrected chi connectivity index (χ3v) is 1.33. The van der Waals surface area contributed by atoms with E-state index in [2.05, 4.69) is 5.32 Å². The molecule has 0 bridgehead atoms. The van der Waals surface area contributed by atoms with Crippen molar-refractivity contribution in [2.45, 2.75) is 0 Å². The Kier molecular flexibility index (Phi) is 2.15. The Balaban J connectivity index is 2.80. The Hall–Kier alpha value is -1.18. The van der Waals surface area contributed by atoms with Crippen LogP contribution in [0.2, 0.25) is 0 Å². The van der Waals surface area contributed by atoms with Crippen LogP contribution in [0.3, 0.4) is 0 Å². The van der Waals surface area contributed by atoms with Gasteiger partial charge in [-0.1, -0.05) is 0 Å². The molecule has 0 heterocycles. The first-order valence-electron chi connectivity index (χ1n) is 3.10. The SMILES string of the molecule is C[N]c1ccc(OC)cc1. The van der Waals surface area contributed by atoms with E-state index in [1.54, 1.807) is 14.2 Å². The highest BCUT2D eigenvalue weighted by Gasteiger charge is 1.89. The van der Waals surface area contributed by atoms with Crippen molar-refractivity contribution in [2.75, 3.05) is 14.2 Å². The lowest BCUT2D eigenvalue weighted by Gasteiger charge is -1.99. The van der Waals surface area contributed by atoms with E-state index >= 15 is 0 Å². The quantitative estimate of drug-likeness (QED) is 0.605. The molecule has 0 aromatic heterocycles. The van der Waals surface area contributed by atoms with Crippen LogP contribution in [0.15, 0.2) is 24.3 Å². The lowest BCUT2D eigenvalue weighted by molar-refractivity contribution is 0.415. The van der Waals surface area contributed by atoms with Crippen LogP contribution in [0.25, 0.3) is 0 Å². The molecule has 0 saturated carbocycles. The number of rotatable bonds is 2. The van der Waals surface area contributed by atoms with Gasteiger partial charge in [-0.3, -0.25) is 5.32 Å². The van der Waals surface area contributed by atoms with Gasteiger partial charge in [0.05, 0.1) is 12.8 Å². The molecule has 0 spiro atoms. The first-order valence-corrected chi connectivity index (χ1v) is 3.10. The molecule has 2 nitrogen and oxygen atoms in total. The van der Waals surface area contributed by atoms with Gasteiger partial charge in [-0.2, -0.15) is 0 Å². The van der Waals surface area contributed by atoms with E-state index in [1.165, 1.54) is 0 Å². The fourth-order valence-electron chi connectivity index (χ4n) is 0.731. The molecular formula is C8H10NO. The lowest BCUT2D eigenvalue weighted by Crippen LogP contribution is -1.86. The predicted molar refractivity (Wildman–Crippen MR) is 40.7 cm³/mol. The second kappa shape index (κ2) is 3.11. The summed E-state index contributed by atoms with van der Waals surface area (Å²) in [6, 6.07) is 7.61. The summed E-state index contributed by atoms with van der Waals surface area (Å²) in [4.78, 5) is 0. The Morgan fingerprint density at radius 1 is 1.20 bits per heavy atom. The van der Waals surface area contributed by atoms with Gasteiger partial charge in [0.1, 0.15) is 5.75 Å². The van der Waals surface area contributed by atoms with Crippen LogP contribution in [0.1, 0.15) is 0 Å². The number of methoxy groups -OCH3 is 1. The van der Waals surface area contributed by atoms with E-state index in [0.717, 1.165) is 11.4 Å². The maximum atomic E-state index is 4.97. The maximum absolute atomic E-state index is 4.97. The van der Waals surface area contributed by atoms with Gasteiger partial charge in [-0.05, 0) is 24.3 Å². The predicted octanol–water partition coefficient (Wildman–Crippen LogP) is 1.56. The summed E-state index contributed by atoms with van der Waals surface area (Å²) in [7, 11) is 3.42. The van der Waals surface area contributed by atoms with Gasteiger partial charge in [0.25, 0.3) is 0 Å². The van der Waals surface area contributed by atoms with Gasteiger partial charge in [0.15, 0.2) is 0 Å². The van der Waals surface area contributed by atoms with E-state index in [0.29, 0.717) is 0 Å². The number of hydrogen-bond donors (Lipinski definition) is 0. The summed E-state index contributed by atoms with van der Waals surface area (Å²) in [6.07, 6.45) is 0. The van der Waals surface area contributed by atoms with Gasteiger partial charge in [0, 0.05) is 7.05 Å². The normalized spacial score (nSPS) is 9.00. The van der Waals surface area contributed by atoms with Gasteiger partial charge >= 0.3 is 0 Å². The molecule has 0 aliphatic rings. The first-order chi connectivity index (χ1) is 4.86. The third-order valence-electron chi connectivity index (χ3n) is 1.33. The van der Waals surface area contributed by atoms with E-state index in [4.69, 9.17) is 4.74 Å². The smallest absolute Gasteiger partial charge is 0.119 e. The van der Waals surface area contributed by atoms with E-state index in [9.17, 15) is 0 Å². The number of nitrogens with zero attached hydrogens (tertiary/aromatic N) is 1. The zero-order valence-electron chi connectivity index (χ0n) is 6.16. The molecule has 0 aliphatic carbocycles. The highest BCUT2D eigenvalue weighted by molar-refractivity contribution is 5.39. The number of ether oxygens (including phenoxy) is 1. The summed E-state index contributed by atoms with van der Waals surface area (Å²) in [6.45, 7) is 0. The molecule has 1 aromatic rings. The molecule has 10 heavy (non-hydrogen) atoms. The van der Waals surface area contributed by atoms with Crippen molar-refractivity contribution in [1.82, 2.24) is 5.32 Å². The minimum absolute atomic E-state index is 0.868. The molecule has 0 aliphatic heterocycles. The Morgan fingerprint density at radius 2 is 1.80 bits per heavy atom. The minimum atomic E-state index is 0.868.